The lowest BCUT2D eigenvalue weighted by atomic mass is 10.2. The molecule has 5 nitrogen and oxygen atoms in total. The molecule has 0 saturated carbocycles. The SMILES string of the molecule is C#C.COC(=O)/C=C/N(C)C(=N)SCc1ccccc1N. The minimum absolute atomic E-state index is 0.323. The summed E-state index contributed by atoms with van der Waals surface area (Å²) in [7, 11) is 3.01. The van der Waals surface area contributed by atoms with Gasteiger partial charge in [0.1, 0.15) is 0 Å². The highest BCUT2D eigenvalue weighted by molar-refractivity contribution is 8.13. The van der Waals surface area contributed by atoms with Gasteiger partial charge in [-0.15, -0.1) is 12.8 Å². The first-order chi connectivity index (χ1) is 10.0. The molecule has 0 atom stereocenters. The second-order valence-corrected chi connectivity index (χ2v) is 4.71. The Labute approximate surface area is 129 Å². The van der Waals surface area contributed by atoms with Crippen LogP contribution in [0.25, 0.3) is 0 Å². The van der Waals surface area contributed by atoms with Gasteiger partial charge in [-0.05, 0) is 11.6 Å². The van der Waals surface area contributed by atoms with Crippen LogP contribution in [0.15, 0.2) is 36.5 Å². The maximum atomic E-state index is 10.9. The van der Waals surface area contributed by atoms with Crippen LogP contribution in [0.5, 0.6) is 0 Å². The van der Waals surface area contributed by atoms with Crippen molar-refractivity contribution in [1.82, 2.24) is 4.90 Å². The molecule has 0 aliphatic rings. The average molecular weight is 305 g/mol. The Morgan fingerprint density at radius 2 is 2.10 bits per heavy atom. The summed E-state index contributed by atoms with van der Waals surface area (Å²) in [5.74, 6) is 0.166. The molecule has 0 saturated heterocycles. The van der Waals surface area contributed by atoms with Gasteiger partial charge in [-0.2, -0.15) is 0 Å². The second-order valence-electron chi connectivity index (χ2n) is 3.74. The van der Waals surface area contributed by atoms with E-state index in [0.29, 0.717) is 10.9 Å². The number of carbonyl (C=O) groups is 1. The molecule has 0 heterocycles. The van der Waals surface area contributed by atoms with Crippen LogP contribution in [0, 0.1) is 18.3 Å². The molecule has 0 aliphatic carbocycles. The molecule has 0 unspecified atom stereocenters. The Balaban J connectivity index is 0.00000191. The quantitative estimate of drug-likeness (QED) is 0.223. The minimum Gasteiger partial charge on any atom is -0.466 e. The van der Waals surface area contributed by atoms with Crippen LogP contribution >= 0.6 is 11.8 Å². The van der Waals surface area contributed by atoms with Crippen LogP contribution < -0.4 is 5.73 Å². The van der Waals surface area contributed by atoms with Gasteiger partial charge in [0, 0.05) is 30.8 Å². The fraction of sp³-hybridized carbons (Fsp3) is 0.200. The summed E-state index contributed by atoms with van der Waals surface area (Å²) in [5.41, 5.74) is 7.53. The Morgan fingerprint density at radius 3 is 2.67 bits per heavy atom. The largest absolute Gasteiger partial charge is 0.466 e. The van der Waals surface area contributed by atoms with E-state index < -0.39 is 5.97 Å². The van der Waals surface area contributed by atoms with Crippen LogP contribution in [-0.4, -0.2) is 30.2 Å². The highest BCUT2D eigenvalue weighted by Crippen LogP contribution is 2.19. The summed E-state index contributed by atoms with van der Waals surface area (Å²) in [6, 6.07) is 7.55. The number of ether oxygens (including phenoxy) is 1. The maximum absolute atomic E-state index is 10.9. The van der Waals surface area contributed by atoms with Crippen molar-refractivity contribution in [2.24, 2.45) is 0 Å². The van der Waals surface area contributed by atoms with Crippen molar-refractivity contribution in [2.75, 3.05) is 19.9 Å². The van der Waals surface area contributed by atoms with Gasteiger partial charge in [0.25, 0.3) is 0 Å². The second kappa shape index (κ2) is 10.4. The Kier molecular flexibility index (Phi) is 9.22. The molecule has 0 spiro atoms. The number of nitrogens with one attached hydrogen (secondary N) is 1. The molecule has 1 rings (SSSR count). The maximum Gasteiger partial charge on any atom is 0.331 e. The number of esters is 1. The van der Waals surface area contributed by atoms with Crippen LogP contribution in [0.2, 0.25) is 0 Å². The van der Waals surface area contributed by atoms with Gasteiger partial charge in [-0.25, -0.2) is 4.79 Å². The lowest BCUT2D eigenvalue weighted by molar-refractivity contribution is -0.134. The summed E-state index contributed by atoms with van der Waals surface area (Å²) in [5, 5.41) is 8.18. The Bertz CT molecular complexity index is 527. The van der Waals surface area contributed by atoms with E-state index in [0.717, 1.165) is 11.3 Å². The highest BCUT2D eigenvalue weighted by Gasteiger charge is 2.05. The van der Waals surface area contributed by atoms with Gasteiger partial charge >= 0.3 is 5.97 Å². The van der Waals surface area contributed by atoms with Gasteiger partial charge in [0.05, 0.1) is 7.11 Å². The fourth-order valence-electron chi connectivity index (χ4n) is 1.22. The zero-order valence-electron chi connectivity index (χ0n) is 12.1. The first-order valence-electron chi connectivity index (χ1n) is 5.91. The number of methoxy groups -OCH3 is 1. The third kappa shape index (κ3) is 7.09. The van der Waals surface area contributed by atoms with E-state index in [9.17, 15) is 4.79 Å². The molecule has 6 heteroatoms. The van der Waals surface area contributed by atoms with Crippen molar-refractivity contribution in [3.05, 3.63) is 42.1 Å². The molecule has 1 aromatic rings. The number of carbonyl (C=O) groups excluding carboxylic acids is 1. The molecule has 21 heavy (non-hydrogen) atoms. The molecule has 3 N–H and O–H groups in total. The van der Waals surface area contributed by atoms with Gasteiger partial charge in [0.15, 0.2) is 5.17 Å². The predicted molar refractivity (Wildman–Crippen MR) is 88.7 cm³/mol. The topological polar surface area (TPSA) is 79.4 Å². The number of anilines is 1. The van der Waals surface area contributed by atoms with Crippen molar-refractivity contribution in [2.45, 2.75) is 5.75 Å². The number of nitrogens with two attached hydrogens (primary N) is 1. The predicted octanol–water partition coefficient (Wildman–Crippen LogP) is 2.30. The number of para-hydroxylation sites is 1. The molecule has 112 valence electrons. The van der Waals surface area contributed by atoms with E-state index in [4.69, 9.17) is 11.1 Å². The number of nitrogen functional groups attached to an aromatic ring is 1. The van der Waals surface area contributed by atoms with Gasteiger partial charge in [-0.3, -0.25) is 5.41 Å². The van der Waals surface area contributed by atoms with Crippen molar-refractivity contribution >= 4 is 28.6 Å². The third-order valence-electron chi connectivity index (χ3n) is 2.38. The van der Waals surface area contributed by atoms with Crippen molar-refractivity contribution in [3.63, 3.8) is 0 Å². The number of amidine groups is 1. The summed E-state index contributed by atoms with van der Waals surface area (Å²) >= 11 is 1.34. The molecule has 0 amide bonds. The molecule has 0 aromatic heterocycles. The van der Waals surface area contributed by atoms with Gasteiger partial charge in [0.2, 0.25) is 0 Å². The molecular weight excluding hydrogens is 286 g/mol. The van der Waals surface area contributed by atoms with Crippen molar-refractivity contribution in [3.8, 4) is 12.8 Å². The van der Waals surface area contributed by atoms with E-state index in [1.807, 2.05) is 24.3 Å². The van der Waals surface area contributed by atoms with Gasteiger partial charge in [-0.1, -0.05) is 30.0 Å². The van der Waals surface area contributed by atoms with Gasteiger partial charge < -0.3 is 15.4 Å². The zero-order valence-corrected chi connectivity index (χ0v) is 12.9. The summed E-state index contributed by atoms with van der Waals surface area (Å²) in [6.45, 7) is 0. The van der Waals surface area contributed by atoms with E-state index in [1.54, 1.807) is 11.9 Å². The van der Waals surface area contributed by atoms with Crippen LogP contribution in [0.4, 0.5) is 5.69 Å². The first kappa shape index (κ1) is 18.6. The minimum atomic E-state index is -0.447. The normalized spacial score (nSPS) is 9.52. The molecule has 0 bridgehead atoms. The molecule has 0 aliphatic heterocycles. The van der Waals surface area contributed by atoms with E-state index in [-0.39, 0.29) is 0 Å². The summed E-state index contributed by atoms with van der Waals surface area (Å²) < 4.78 is 4.48. The summed E-state index contributed by atoms with van der Waals surface area (Å²) in [4.78, 5) is 12.5. The smallest absolute Gasteiger partial charge is 0.331 e. The molecule has 0 fully saturated rings. The number of nitrogens with zero attached hydrogens (tertiary/aromatic N) is 1. The lowest BCUT2D eigenvalue weighted by Crippen LogP contribution is -2.17. The Hall–Kier alpha value is -2.39. The van der Waals surface area contributed by atoms with Crippen LogP contribution in [0.1, 0.15) is 5.56 Å². The number of hydrogen-bond acceptors (Lipinski definition) is 5. The number of terminal acetylenes is 1. The summed E-state index contributed by atoms with van der Waals surface area (Å²) in [6.07, 6.45) is 10.8. The first-order valence-corrected chi connectivity index (χ1v) is 6.90. The van der Waals surface area contributed by atoms with Crippen LogP contribution in [-0.2, 0) is 15.3 Å². The highest BCUT2D eigenvalue weighted by atomic mass is 32.2. The molecule has 1 aromatic carbocycles. The lowest BCUT2D eigenvalue weighted by Gasteiger charge is -2.14. The number of benzene rings is 1. The Morgan fingerprint density at radius 1 is 1.48 bits per heavy atom. The van der Waals surface area contributed by atoms with Crippen molar-refractivity contribution in [1.29, 1.82) is 5.41 Å². The average Bonchev–Trinajstić information content (AvgIpc) is 2.53. The molecule has 0 radical (unpaired) electrons. The van der Waals surface area contributed by atoms with E-state index in [2.05, 4.69) is 17.6 Å². The number of thioether (sulfide) groups is 1. The zero-order chi connectivity index (χ0) is 16.3. The molecular formula is C15H19N3O2S. The van der Waals surface area contributed by atoms with E-state index in [1.165, 1.54) is 31.1 Å². The fourth-order valence-corrected chi connectivity index (χ4v) is 2.04. The number of hydrogen-bond donors (Lipinski definition) is 2. The number of rotatable bonds is 4. The standard InChI is InChI=1S/C13H17N3O2S.C2H2/c1-16(8-7-12(17)18-2)13(15)19-9-10-5-3-4-6-11(10)14;1-2/h3-8,15H,9,14H2,1-2H3;1-2H/b8-7+,15-13?;. The van der Waals surface area contributed by atoms with Crippen molar-refractivity contribution < 1.29 is 9.53 Å². The monoisotopic (exact) mass is 305 g/mol. The van der Waals surface area contributed by atoms with E-state index >= 15 is 0 Å². The third-order valence-corrected chi connectivity index (χ3v) is 3.39. The van der Waals surface area contributed by atoms with Crippen LogP contribution in [0.3, 0.4) is 0 Å².